The number of carbonyl (C=O) groups is 1. The predicted molar refractivity (Wildman–Crippen MR) is 116 cm³/mol. The molecule has 0 fully saturated rings. The molecule has 1 atom stereocenters. The molecule has 3 rings (SSSR count). The second kappa shape index (κ2) is 10.4. The number of para-hydroxylation sites is 2. The molecule has 1 aliphatic heterocycles. The van der Waals surface area contributed by atoms with Gasteiger partial charge in [-0.2, -0.15) is 0 Å². The molecule has 0 saturated carbocycles. The Morgan fingerprint density at radius 1 is 1.03 bits per heavy atom. The number of fused-ring (bicyclic) bond motifs is 1. The Kier molecular flexibility index (Phi) is 7.69. The summed E-state index contributed by atoms with van der Waals surface area (Å²) in [4.78, 5) is 14.8. The highest BCUT2D eigenvalue weighted by molar-refractivity contribution is 6.17. The molecule has 0 aromatic heterocycles. The van der Waals surface area contributed by atoms with Crippen molar-refractivity contribution < 1.29 is 23.7 Å². The Morgan fingerprint density at radius 3 is 2.37 bits per heavy atom. The summed E-state index contributed by atoms with van der Waals surface area (Å²) in [6, 6.07) is 11.2. The lowest BCUT2D eigenvalue weighted by Crippen LogP contribution is -2.42. The fourth-order valence-electron chi connectivity index (χ4n) is 3.77. The molecule has 0 saturated heterocycles. The van der Waals surface area contributed by atoms with Crippen LogP contribution in [-0.4, -0.2) is 51.2 Å². The lowest BCUT2D eigenvalue weighted by Gasteiger charge is -2.37. The number of amides is 1. The molecule has 0 spiro atoms. The van der Waals surface area contributed by atoms with Crippen LogP contribution in [0.25, 0.3) is 0 Å². The first-order valence-corrected chi connectivity index (χ1v) is 10.5. The first-order chi connectivity index (χ1) is 14.6. The van der Waals surface area contributed by atoms with E-state index >= 15 is 0 Å². The lowest BCUT2D eigenvalue weighted by molar-refractivity contribution is -0.134. The quantitative estimate of drug-likeness (QED) is 0.554. The lowest BCUT2D eigenvalue weighted by atomic mass is 9.91. The van der Waals surface area contributed by atoms with E-state index in [0.717, 1.165) is 17.5 Å². The minimum atomic E-state index is -0.249. The largest absolute Gasteiger partial charge is 0.493 e. The molecule has 162 valence electrons. The first kappa shape index (κ1) is 22.1. The van der Waals surface area contributed by atoms with E-state index in [-0.39, 0.29) is 11.9 Å². The van der Waals surface area contributed by atoms with Crippen molar-refractivity contribution in [3.05, 3.63) is 47.5 Å². The van der Waals surface area contributed by atoms with Crippen molar-refractivity contribution in [2.24, 2.45) is 0 Å². The summed E-state index contributed by atoms with van der Waals surface area (Å²) in [5, 5.41) is 0. The Hall–Kier alpha value is -2.60. The van der Waals surface area contributed by atoms with Gasteiger partial charge in [0.05, 0.1) is 27.4 Å². The molecule has 30 heavy (non-hydrogen) atoms. The van der Waals surface area contributed by atoms with Crippen molar-refractivity contribution >= 4 is 17.5 Å². The van der Waals surface area contributed by atoms with Crippen LogP contribution in [0.2, 0.25) is 0 Å². The summed E-state index contributed by atoms with van der Waals surface area (Å²) < 4.78 is 22.5. The van der Waals surface area contributed by atoms with Crippen molar-refractivity contribution in [3.63, 3.8) is 0 Å². The number of rotatable bonds is 9. The van der Waals surface area contributed by atoms with Crippen LogP contribution < -0.4 is 18.9 Å². The monoisotopic (exact) mass is 433 g/mol. The third-order valence-electron chi connectivity index (χ3n) is 5.31. The van der Waals surface area contributed by atoms with Gasteiger partial charge < -0.3 is 23.8 Å². The Balaban J connectivity index is 1.93. The summed E-state index contributed by atoms with van der Waals surface area (Å²) in [6.07, 6.45) is 1.81. The SMILES string of the molecule is COc1cc2c(cc1OC)C(COc1ccccc1OC)N(C(=O)CCCCl)CC2. The fraction of sp³-hybridized carbons (Fsp3) is 0.435. The molecule has 1 amide bonds. The number of carbonyl (C=O) groups excluding carboxylic acids is 1. The van der Waals surface area contributed by atoms with Crippen molar-refractivity contribution in [2.75, 3.05) is 40.4 Å². The number of alkyl halides is 1. The molecule has 0 radical (unpaired) electrons. The molecule has 1 unspecified atom stereocenters. The third kappa shape index (κ3) is 4.75. The number of nitrogens with zero attached hydrogens (tertiary/aromatic N) is 1. The Morgan fingerprint density at radius 2 is 1.70 bits per heavy atom. The number of halogens is 1. The van der Waals surface area contributed by atoms with Gasteiger partial charge in [-0.1, -0.05) is 12.1 Å². The van der Waals surface area contributed by atoms with E-state index in [9.17, 15) is 4.79 Å². The van der Waals surface area contributed by atoms with Crippen molar-refractivity contribution in [3.8, 4) is 23.0 Å². The van der Waals surface area contributed by atoms with Gasteiger partial charge in [0.1, 0.15) is 6.61 Å². The van der Waals surface area contributed by atoms with E-state index in [4.69, 9.17) is 30.5 Å². The molecule has 0 aliphatic carbocycles. The van der Waals surface area contributed by atoms with Gasteiger partial charge in [-0.25, -0.2) is 0 Å². The second-order valence-corrected chi connectivity index (χ2v) is 7.39. The maximum Gasteiger partial charge on any atom is 0.223 e. The molecule has 7 heteroatoms. The molecule has 1 aliphatic rings. The van der Waals surface area contributed by atoms with Gasteiger partial charge in [-0.15, -0.1) is 11.6 Å². The fourth-order valence-corrected chi connectivity index (χ4v) is 3.91. The predicted octanol–water partition coefficient (Wildman–Crippen LogP) is 4.24. The molecule has 0 N–H and O–H groups in total. The van der Waals surface area contributed by atoms with Gasteiger partial charge in [0, 0.05) is 18.8 Å². The second-order valence-electron chi connectivity index (χ2n) is 7.01. The molecule has 1 heterocycles. The zero-order valence-electron chi connectivity index (χ0n) is 17.7. The zero-order chi connectivity index (χ0) is 21.5. The van der Waals surface area contributed by atoms with Crippen LogP contribution in [0.1, 0.15) is 30.0 Å². The average Bonchev–Trinajstić information content (AvgIpc) is 2.79. The molecule has 0 bridgehead atoms. The summed E-state index contributed by atoms with van der Waals surface area (Å²) in [5.41, 5.74) is 2.13. The van der Waals surface area contributed by atoms with Crippen molar-refractivity contribution in [1.29, 1.82) is 0 Å². The zero-order valence-corrected chi connectivity index (χ0v) is 18.4. The third-order valence-corrected chi connectivity index (χ3v) is 5.58. The van der Waals surface area contributed by atoms with Gasteiger partial charge in [0.2, 0.25) is 5.91 Å². The van der Waals surface area contributed by atoms with E-state index in [1.54, 1.807) is 21.3 Å². The maximum atomic E-state index is 12.9. The number of hydrogen-bond acceptors (Lipinski definition) is 5. The molecule has 6 nitrogen and oxygen atoms in total. The molecular formula is C23H28ClNO5. The standard InChI is InChI=1S/C23H28ClNO5/c1-27-19-7-4-5-8-20(19)30-15-18-17-14-22(29-3)21(28-2)13-16(17)10-12-25(18)23(26)9-6-11-24/h4-5,7-8,13-14,18H,6,9-12,15H2,1-3H3. The summed E-state index contributed by atoms with van der Waals surface area (Å²) in [5.74, 6) is 3.14. The highest BCUT2D eigenvalue weighted by atomic mass is 35.5. The summed E-state index contributed by atoms with van der Waals surface area (Å²) in [6.45, 7) is 0.916. The highest BCUT2D eigenvalue weighted by Gasteiger charge is 2.32. The smallest absolute Gasteiger partial charge is 0.223 e. The van der Waals surface area contributed by atoms with Crippen LogP contribution >= 0.6 is 11.6 Å². The van der Waals surface area contributed by atoms with E-state index in [2.05, 4.69) is 0 Å². The minimum absolute atomic E-state index is 0.0738. The molecular weight excluding hydrogens is 406 g/mol. The average molecular weight is 434 g/mol. The van der Waals surface area contributed by atoms with Crippen LogP contribution in [0.3, 0.4) is 0 Å². The summed E-state index contributed by atoms with van der Waals surface area (Å²) >= 11 is 5.81. The van der Waals surface area contributed by atoms with E-state index < -0.39 is 0 Å². The van der Waals surface area contributed by atoms with Crippen LogP contribution in [0.4, 0.5) is 0 Å². The van der Waals surface area contributed by atoms with E-state index in [1.807, 2.05) is 41.3 Å². The van der Waals surface area contributed by atoms with Crippen molar-refractivity contribution in [2.45, 2.75) is 25.3 Å². The van der Waals surface area contributed by atoms with Crippen LogP contribution in [0, 0.1) is 0 Å². The Labute approximate surface area is 182 Å². The topological polar surface area (TPSA) is 57.2 Å². The number of benzene rings is 2. The van der Waals surface area contributed by atoms with Gasteiger partial charge in [0.15, 0.2) is 23.0 Å². The Bertz CT molecular complexity index is 873. The normalized spacial score (nSPS) is 15.3. The van der Waals surface area contributed by atoms with Crippen molar-refractivity contribution in [1.82, 2.24) is 4.90 Å². The minimum Gasteiger partial charge on any atom is -0.493 e. The number of ether oxygens (including phenoxy) is 4. The number of methoxy groups -OCH3 is 3. The molecule has 2 aromatic rings. The van der Waals surface area contributed by atoms with E-state index in [0.29, 0.717) is 54.9 Å². The highest BCUT2D eigenvalue weighted by Crippen LogP contribution is 2.39. The summed E-state index contributed by atoms with van der Waals surface area (Å²) in [7, 11) is 4.84. The van der Waals surface area contributed by atoms with Crippen LogP contribution in [-0.2, 0) is 11.2 Å². The van der Waals surface area contributed by atoms with Gasteiger partial charge in [0.25, 0.3) is 0 Å². The maximum absolute atomic E-state index is 12.9. The van der Waals surface area contributed by atoms with Gasteiger partial charge in [-0.3, -0.25) is 4.79 Å². The molecule has 2 aromatic carbocycles. The van der Waals surface area contributed by atoms with Gasteiger partial charge in [-0.05, 0) is 48.2 Å². The van der Waals surface area contributed by atoms with Crippen LogP contribution in [0.15, 0.2) is 36.4 Å². The van der Waals surface area contributed by atoms with Gasteiger partial charge >= 0.3 is 0 Å². The first-order valence-electron chi connectivity index (χ1n) is 9.99. The number of hydrogen-bond donors (Lipinski definition) is 0. The van der Waals surface area contributed by atoms with Crippen LogP contribution in [0.5, 0.6) is 23.0 Å². The van der Waals surface area contributed by atoms with E-state index in [1.165, 1.54) is 0 Å².